The number of nitrogens with zero attached hydrogens (tertiary/aromatic N) is 1. The topological polar surface area (TPSA) is 44.0 Å². The molecule has 1 fully saturated rings. The molecule has 2 heteroatoms. The van der Waals surface area contributed by atoms with Crippen molar-refractivity contribution in [2.45, 2.75) is 64.9 Å². The van der Waals surface area contributed by atoms with E-state index in [1.807, 2.05) is 13.8 Å². The molecular weight excluding hydrogens is 186 g/mol. The van der Waals surface area contributed by atoms with Crippen LogP contribution >= 0.6 is 0 Å². The molecule has 0 spiro atoms. The van der Waals surface area contributed by atoms with Crippen LogP contribution < -0.4 is 0 Å². The summed E-state index contributed by atoms with van der Waals surface area (Å²) >= 11 is 0. The van der Waals surface area contributed by atoms with Crippen molar-refractivity contribution in [1.82, 2.24) is 0 Å². The standard InChI is InChI=1S/C13H23NO/c1-4-11-6-5-8-13(15,9-7-11)12(2,3)10-14/h11,15H,4-9H2,1-3H3. The lowest BCUT2D eigenvalue weighted by Crippen LogP contribution is -2.43. The fraction of sp³-hybridized carbons (Fsp3) is 0.923. The Morgan fingerprint density at radius 2 is 2.07 bits per heavy atom. The van der Waals surface area contributed by atoms with Crippen molar-refractivity contribution < 1.29 is 5.11 Å². The van der Waals surface area contributed by atoms with Crippen LogP contribution in [0, 0.1) is 22.7 Å². The van der Waals surface area contributed by atoms with E-state index in [9.17, 15) is 5.11 Å². The minimum Gasteiger partial charge on any atom is -0.388 e. The van der Waals surface area contributed by atoms with Gasteiger partial charge in [-0.05, 0) is 39.0 Å². The maximum Gasteiger partial charge on any atom is 0.0828 e. The molecule has 1 aliphatic rings. The van der Waals surface area contributed by atoms with Gasteiger partial charge in [-0.25, -0.2) is 0 Å². The molecule has 1 aliphatic carbocycles. The van der Waals surface area contributed by atoms with Gasteiger partial charge >= 0.3 is 0 Å². The van der Waals surface area contributed by atoms with Gasteiger partial charge in [0.25, 0.3) is 0 Å². The van der Waals surface area contributed by atoms with Crippen molar-refractivity contribution in [2.24, 2.45) is 11.3 Å². The van der Waals surface area contributed by atoms with Crippen LogP contribution in [0.4, 0.5) is 0 Å². The maximum absolute atomic E-state index is 10.6. The highest BCUT2D eigenvalue weighted by Gasteiger charge is 2.44. The summed E-state index contributed by atoms with van der Waals surface area (Å²) < 4.78 is 0. The van der Waals surface area contributed by atoms with E-state index in [4.69, 9.17) is 5.26 Å². The van der Waals surface area contributed by atoms with Gasteiger partial charge in [0, 0.05) is 0 Å². The monoisotopic (exact) mass is 209 g/mol. The number of rotatable bonds is 2. The first-order chi connectivity index (χ1) is 6.95. The van der Waals surface area contributed by atoms with Crippen LogP contribution in [-0.4, -0.2) is 10.7 Å². The molecule has 2 unspecified atom stereocenters. The summed E-state index contributed by atoms with van der Waals surface area (Å²) in [6.07, 6.45) is 6.09. The van der Waals surface area contributed by atoms with E-state index in [0.717, 1.165) is 31.6 Å². The first kappa shape index (κ1) is 12.5. The molecule has 0 saturated heterocycles. The molecule has 0 aliphatic heterocycles. The summed E-state index contributed by atoms with van der Waals surface area (Å²) in [5.41, 5.74) is -1.39. The first-order valence-corrected chi connectivity index (χ1v) is 6.09. The van der Waals surface area contributed by atoms with Crippen molar-refractivity contribution in [3.05, 3.63) is 0 Å². The van der Waals surface area contributed by atoms with Gasteiger partial charge in [0.2, 0.25) is 0 Å². The van der Waals surface area contributed by atoms with E-state index >= 15 is 0 Å². The van der Waals surface area contributed by atoms with Crippen molar-refractivity contribution in [3.63, 3.8) is 0 Å². The molecule has 86 valence electrons. The predicted octanol–water partition coefficient (Wildman–Crippen LogP) is 3.26. The lowest BCUT2D eigenvalue weighted by atomic mass is 9.71. The Morgan fingerprint density at radius 1 is 1.40 bits per heavy atom. The molecular formula is C13H23NO. The molecule has 1 N–H and O–H groups in total. The number of hydrogen-bond donors (Lipinski definition) is 1. The van der Waals surface area contributed by atoms with E-state index in [2.05, 4.69) is 13.0 Å². The Labute approximate surface area is 93.3 Å². The van der Waals surface area contributed by atoms with E-state index in [0.29, 0.717) is 0 Å². The molecule has 0 radical (unpaired) electrons. The van der Waals surface area contributed by atoms with Gasteiger partial charge in [0.1, 0.15) is 0 Å². The minimum atomic E-state index is -0.772. The van der Waals surface area contributed by atoms with Gasteiger partial charge in [0.15, 0.2) is 0 Å². The predicted molar refractivity (Wildman–Crippen MR) is 61.2 cm³/mol. The van der Waals surface area contributed by atoms with Gasteiger partial charge < -0.3 is 5.11 Å². The third-order valence-corrected chi connectivity index (χ3v) is 4.19. The highest BCUT2D eigenvalue weighted by atomic mass is 16.3. The summed E-state index contributed by atoms with van der Waals surface area (Å²) in [7, 11) is 0. The van der Waals surface area contributed by atoms with Gasteiger partial charge in [-0.15, -0.1) is 0 Å². The largest absolute Gasteiger partial charge is 0.388 e. The SMILES string of the molecule is CCC1CCCC(O)(C(C)(C)C#N)CC1. The van der Waals surface area contributed by atoms with E-state index < -0.39 is 11.0 Å². The number of aliphatic hydroxyl groups is 1. The highest BCUT2D eigenvalue weighted by molar-refractivity contribution is 5.07. The molecule has 1 saturated carbocycles. The average Bonchev–Trinajstić information content (AvgIpc) is 2.41. The Morgan fingerprint density at radius 3 is 2.60 bits per heavy atom. The minimum absolute atomic E-state index is 0.615. The van der Waals surface area contributed by atoms with Crippen LogP contribution in [0.3, 0.4) is 0 Å². The van der Waals surface area contributed by atoms with Crippen LogP contribution in [-0.2, 0) is 0 Å². The lowest BCUT2D eigenvalue weighted by molar-refractivity contribution is -0.0518. The van der Waals surface area contributed by atoms with Crippen LogP contribution in [0.25, 0.3) is 0 Å². The molecule has 0 aromatic carbocycles. The smallest absolute Gasteiger partial charge is 0.0828 e. The second-order valence-electron chi connectivity index (χ2n) is 5.47. The molecule has 0 heterocycles. The Kier molecular flexibility index (Phi) is 3.78. The molecule has 0 aromatic rings. The van der Waals surface area contributed by atoms with Crippen molar-refractivity contribution in [1.29, 1.82) is 5.26 Å². The van der Waals surface area contributed by atoms with Crippen molar-refractivity contribution in [2.75, 3.05) is 0 Å². The quantitative estimate of drug-likeness (QED) is 0.709. The molecule has 2 nitrogen and oxygen atoms in total. The zero-order valence-electron chi connectivity index (χ0n) is 10.2. The van der Waals surface area contributed by atoms with E-state index in [1.165, 1.54) is 12.8 Å². The summed E-state index contributed by atoms with van der Waals surface area (Å²) in [6.45, 7) is 5.93. The fourth-order valence-corrected chi connectivity index (χ4v) is 2.53. The zero-order valence-corrected chi connectivity index (χ0v) is 10.2. The third-order valence-electron chi connectivity index (χ3n) is 4.19. The molecule has 1 rings (SSSR count). The Bertz CT molecular complexity index is 254. The van der Waals surface area contributed by atoms with E-state index in [1.54, 1.807) is 0 Å². The van der Waals surface area contributed by atoms with Crippen LogP contribution in [0.1, 0.15) is 59.3 Å². The molecule has 2 atom stereocenters. The fourth-order valence-electron chi connectivity index (χ4n) is 2.53. The molecule has 0 amide bonds. The second-order valence-corrected chi connectivity index (χ2v) is 5.47. The Hall–Kier alpha value is -0.550. The van der Waals surface area contributed by atoms with Gasteiger partial charge in [-0.2, -0.15) is 5.26 Å². The number of nitriles is 1. The molecule has 0 bridgehead atoms. The van der Waals surface area contributed by atoms with Gasteiger partial charge in [-0.1, -0.05) is 26.2 Å². The van der Waals surface area contributed by atoms with Gasteiger partial charge in [0.05, 0.1) is 17.1 Å². The highest BCUT2D eigenvalue weighted by Crippen LogP contribution is 2.42. The maximum atomic E-state index is 10.6. The summed E-state index contributed by atoms with van der Waals surface area (Å²) in [6, 6.07) is 2.26. The summed E-state index contributed by atoms with van der Waals surface area (Å²) in [5.74, 6) is 0.744. The lowest BCUT2D eigenvalue weighted by Gasteiger charge is -2.37. The van der Waals surface area contributed by atoms with Crippen LogP contribution in [0.15, 0.2) is 0 Å². The van der Waals surface area contributed by atoms with Crippen LogP contribution in [0.5, 0.6) is 0 Å². The normalized spacial score (nSPS) is 33.1. The molecule has 0 aromatic heterocycles. The van der Waals surface area contributed by atoms with Crippen LogP contribution in [0.2, 0.25) is 0 Å². The summed E-state index contributed by atoms with van der Waals surface area (Å²) in [4.78, 5) is 0. The second kappa shape index (κ2) is 4.53. The van der Waals surface area contributed by atoms with Gasteiger partial charge in [-0.3, -0.25) is 0 Å². The molecule has 15 heavy (non-hydrogen) atoms. The van der Waals surface area contributed by atoms with E-state index in [-0.39, 0.29) is 0 Å². The number of hydrogen-bond acceptors (Lipinski definition) is 2. The first-order valence-electron chi connectivity index (χ1n) is 6.09. The Balaban J connectivity index is 2.75. The summed E-state index contributed by atoms with van der Waals surface area (Å²) in [5, 5.41) is 19.7. The third kappa shape index (κ3) is 2.52. The van der Waals surface area contributed by atoms with Crippen molar-refractivity contribution >= 4 is 0 Å². The van der Waals surface area contributed by atoms with Crippen molar-refractivity contribution in [3.8, 4) is 6.07 Å². The average molecular weight is 209 g/mol. The zero-order chi connectivity index (χ0) is 11.5.